The molecule has 1 N–H and O–H groups in total. The van der Waals surface area contributed by atoms with Crippen LogP contribution in [0, 0.1) is 5.92 Å². The number of hydrogen-bond donors (Lipinski definition) is 1. The van der Waals surface area contributed by atoms with Gasteiger partial charge in [-0.05, 0) is 48.8 Å². The molecule has 0 spiro atoms. The van der Waals surface area contributed by atoms with Gasteiger partial charge in [0, 0.05) is 65.0 Å². The van der Waals surface area contributed by atoms with Crippen molar-refractivity contribution in [3.8, 4) is 0 Å². The number of rotatable bonds is 8. The van der Waals surface area contributed by atoms with E-state index in [-0.39, 0.29) is 11.8 Å². The normalized spacial score (nSPS) is 19.7. The molecule has 2 amide bonds. The first kappa shape index (κ1) is 22.7. The monoisotopic (exact) mass is 455 g/mol. The zero-order chi connectivity index (χ0) is 22.2. The minimum atomic E-state index is -0.0476. The van der Waals surface area contributed by atoms with Gasteiger partial charge in [0.2, 0.25) is 5.91 Å². The van der Waals surface area contributed by atoms with Gasteiger partial charge in [-0.1, -0.05) is 12.1 Å². The van der Waals surface area contributed by atoms with Gasteiger partial charge < -0.3 is 15.1 Å². The highest BCUT2D eigenvalue weighted by Gasteiger charge is 2.26. The summed E-state index contributed by atoms with van der Waals surface area (Å²) in [6.07, 6.45) is 5.32. The predicted molar refractivity (Wildman–Crippen MR) is 128 cm³/mol. The standard InChI is InChI=1S/C24H33N5O2S/c30-23(9-3-11-26-24(31)21-7-5-17-32-21)29-12-4-6-20(19-29)18-27-13-15-28(16-14-27)22-8-1-2-10-25-22/h1-2,5,7-8,10,17,20H,3-4,6,9,11-16,18-19H2,(H,26,31). The fourth-order valence-electron chi connectivity index (χ4n) is 4.60. The molecule has 2 aromatic rings. The van der Waals surface area contributed by atoms with E-state index in [4.69, 9.17) is 0 Å². The molecule has 2 aromatic heterocycles. The number of thiophene rings is 1. The summed E-state index contributed by atoms with van der Waals surface area (Å²) in [5.74, 6) is 1.79. The van der Waals surface area contributed by atoms with Crippen molar-refractivity contribution in [3.63, 3.8) is 0 Å². The maximum absolute atomic E-state index is 12.7. The minimum absolute atomic E-state index is 0.0476. The first-order chi connectivity index (χ1) is 15.7. The predicted octanol–water partition coefficient (Wildman–Crippen LogP) is 2.71. The number of nitrogens with zero attached hydrogens (tertiary/aromatic N) is 4. The Morgan fingerprint density at radius 3 is 2.72 bits per heavy atom. The van der Waals surface area contributed by atoms with E-state index in [1.807, 2.05) is 40.7 Å². The van der Waals surface area contributed by atoms with Gasteiger partial charge in [-0.25, -0.2) is 4.98 Å². The van der Waals surface area contributed by atoms with Gasteiger partial charge in [-0.3, -0.25) is 14.5 Å². The molecule has 2 aliphatic rings. The molecule has 7 nitrogen and oxygen atoms in total. The van der Waals surface area contributed by atoms with Crippen molar-refractivity contribution in [3.05, 3.63) is 46.8 Å². The maximum Gasteiger partial charge on any atom is 0.261 e. The van der Waals surface area contributed by atoms with Crippen molar-refractivity contribution < 1.29 is 9.59 Å². The zero-order valence-corrected chi connectivity index (χ0v) is 19.4. The summed E-state index contributed by atoms with van der Waals surface area (Å²) in [6.45, 7) is 7.44. The Labute approximate surface area is 194 Å². The Hall–Kier alpha value is -2.45. The van der Waals surface area contributed by atoms with Crippen molar-refractivity contribution in [2.45, 2.75) is 25.7 Å². The Balaban J connectivity index is 1.14. The number of anilines is 1. The molecule has 0 saturated carbocycles. The Kier molecular flexibility index (Phi) is 8.12. The lowest BCUT2D eigenvalue weighted by Crippen LogP contribution is -2.50. The summed E-state index contributed by atoms with van der Waals surface area (Å²) in [6, 6.07) is 9.76. The first-order valence-corrected chi connectivity index (χ1v) is 12.5. The molecule has 1 unspecified atom stereocenters. The molecule has 0 aliphatic carbocycles. The molecule has 1 atom stereocenters. The largest absolute Gasteiger partial charge is 0.354 e. The van der Waals surface area contributed by atoms with Crippen LogP contribution >= 0.6 is 11.3 Å². The first-order valence-electron chi connectivity index (χ1n) is 11.7. The highest BCUT2D eigenvalue weighted by molar-refractivity contribution is 7.12. The van der Waals surface area contributed by atoms with E-state index in [0.717, 1.165) is 62.9 Å². The average molecular weight is 456 g/mol. The molecule has 2 saturated heterocycles. The molecule has 0 radical (unpaired) electrons. The third-order valence-electron chi connectivity index (χ3n) is 6.33. The fraction of sp³-hybridized carbons (Fsp3) is 0.542. The third-order valence-corrected chi connectivity index (χ3v) is 7.20. The van der Waals surface area contributed by atoms with Crippen LogP contribution in [0.15, 0.2) is 41.9 Å². The molecule has 0 bridgehead atoms. The topological polar surface area (TPSA) is 68.8 Å². The number of hydrogen-bond acceptors (Lipinski definition) is 6. The number of aromatic nitrogens is 1. The van der Waals surface area contributed by atoms with Crippen LogP contribution in [0.25, 0.3) is 0 Å². The summed E-state index contributed by atoms with van der Waals surface area (Å²) in [5, 5.41) is 4.80. The van der Waals surface area contributed by atoms with Crippen molar-refractivity contribution in [1.82, 2.24) is 20.1 Å². The average Bonchev–Trinajstić information content (AvgIpc) is 3.38. The quantitative estimate of drug-likeness (QED) is 0.620. The van der Waals surface area contributed by atoms with Crippen LogP contribution in [0.2, 0.25) is 0 Å². The Morgan fingerprint density at radius 2 is 1.97 bits per heavy atom. The van der Waals surface area contributed by atoms with Crippen LogP contribution in [0.1, 0.15) is 35.4 Å². The zero-order valence-electron chi connectivity index (χ0n) is 18.6. The van der Waals surface area contributed by atoms with E-state index in [1.165, 1.54) is 17.8 Å². The van der Waals surface area contributed by atoms with Crippen LogP contribution < -0.4 is 10.2 Å². The number of piperazine rings is 1. The second kappa shape index (κ2) is 11.4. The van der Waals surface area contributed by atoms with E-state index in [2.05, 4.69) is 26.2 Å². The van der Waals surface area contributed by atoms with E-state index in [0.29, 0.717) is 25.3 Å². The molecule has 172 valence electrons. The van der Waals surface area contributed by atoms with Crippen LogP contribution in [0.5, 0.6) is 0 Å². The Morgan fingerprint density at radius 1 is 1.09 bits per heavy atom. The third kappa shape index (κ3) is 6.29. The summed E-state index contributed by atoms with van der Waals surface area (Å²) in [5.41, 5.74) is 0. The number of pyridine rings is 1. The number of nitrogens with one attached hydrogen (secondary N) is 1. The molecular weight excluding hydrogens is 422 g/mol. The number of piperidine rings is 1. The van der Waals surface area contributed by atoms with Gasteiger partial charge in [0.1, 0.15) is 5.82 Å². The van der Waals surface area contributed by atoms with Gasteiger partial charge in [0.05, 0.1) is 4.88 Å². The highest BCUT2D eigenvalue weighted by atomic mass is 32.1. The van der Waals surface area contributed by atoms with Gasteiger partial charge >= 0.3 is 0 Å². The van der Waals surface area contributed by atoms with Crippen molar-refractivity contribution in [1.29, 1.82) is 0 Å². The maximum atomic E-state index is 12.7. The molecule has 4 rings (SSSR count). The van der Waals surface area contributed by atoms with E-state index < -0.39 is 0 Å². The van der Waals surface area contributed by atoms with Crippen LogP contribution in [0.3, 0.4) is 0 Å². The second-order valence-electron chi connectivity index (χ2n) is 8.66. The van der Waals surface area contributed by atoms with Gasteiger partial charge in [0.15, 0.2) is 0 Å². The number of carbonyl (C=O) groups is 2. The second-order valence-corrected chi connectivity index (χ2v) is 9.61. The molecule has 32 heavy (non-hydrogen) atoms. The van der Waals surface area contributed by atoms with Crippen LogP contribution in [-0.2, 0) is 4.79 Å². The fourth-order valence-corrected chi connectivity index (χ4v) is 5.24. The molecule has 0 aromatic carbocycles. The van der Waals surface area contributed by atoms with Crippen LogP contribution in [0.4, 0.5) is 5.82 Å². The summed E-state index contributed by atoms with van der Waals surface area (Å²) in [4.78, 5) is 36.8. The minimum Gasteiger partial charge on any atom is -0.354 e. The lowest BCUT2D eigenvalue weighted by molar-refractivity contribution is -0.133. The van der Waals surface area contributed by atoms with Crippen molar-refractivity contribution in [2.24, 2.45) is 5.92 Å². The van der Waals surface area contributed by atoms with Gasteiger partial charge in [0.25, 0.3) is 5.91 Å². The molecule has 2 fully saturated rings. The number of likely N-dealkylation sites (tertiary alicyclic amines) is 1. The summed E-state index contributed by atoms with van der Waals surface area (Å²) < 4.78 is 0. The summed E-state index contributed by atoms with van der Waals surface area (Å²) in [7, 11) is 0. The highest BCUT2D eigenvalue weighted by Crippen LogP contribution is 2.20. The SMILES string of the molecule is O=C(NCCCC(=O)N1CCCC(CN2CCN(c3ccccn3)CC2)C1)c1cccs1. The van der Waals surface area contributed by atoms with E-state index >= 15 is 0 Å². The van der Waals surface area contributed by atoms with Gasteiger partial charge in [-0.2, -0.15) is 0 Å². The Bertz CT molecular complexity index is 853. The smallest absolute Gasteiger partial charge is 0.261 e. The molecule has 4 heterocycles. The number of amides is 2. The number of carbonyl (C=O) groups excluding carboxylic acids is 2. The molecule has 2 aliphatic heterocycles. The van der Waals surface area contributed by atoms with E-state index in [9.17, 15) is 9.59 Å². The van der Waals surface area contributed by atoms with Gasteiger partial charge in [-0.15, -0.1) is 11.3 Å². The lowest BCUT2D eigenvalue weighted by atomic mass is 9.96. The molecular formula is C24H33N5O2S. The molecule has 8 heteroatoms. The van der Waals surface area contributed by atoms with Crippen molar-refractivity contribution in [2.75, 3.05) is 57.3 Å². The van der Waals surface area contributed by atoms with E-state index in [1.54, 1.807) is 0 Å². The lowest BCUT2D eigenvalue weighted by Gasteiger charge is -2.39. The van der Waals surface area contributed by atoms with Crippen LogP contribution in [-0.4, -0.2) is 79.0 Å². The summed E-state index contributed by atoms with van der Waals surface area (Å²) >= 11 is 1.43. The van der Waals surface area contributed by atoms with Crippen molar-refractivity contribution >= 4 is 29.0 Å².